The summed E-state index contributed by atoms with van der Waals surface area (Å²) in [6, 6.07) is 143. The molecule has 94 heavy (non-hydrogen) atoms. The summed E-state index contributed by atoms with van der Waals surface area (Å²) in [4.78, 5) is 0. The van der Waals surface area contributed by atoms with Crippen molar-refractivity contribution in [1.29, 1.82) is 0 Å². The maximum Gasteiger partial charge on any atom is 0.390 e. The molecular weight excluding hydrogens is 1230 g/mol. The van der Waals surface area contributed by atoms with E-state index in [0.29, 0.717) is 0 Å². The quantitative estimate of drug-likeness (QED) is 0.0804. The Balaban J connectivity index is 0.968. The van der Waals surface area contributed by atoms with Gasteiger partial charge in [-0.2, -0.15) is 0 Å². The van der Waals surface area contributed by atoms with Gasteiger partial charge in [-0.1, -0.05) is 370 Å². The van der Waals surface area contributed by atoms with Crippen molar-refractivity contribution in [2.45, 2.75) is 0 Å². The molecule has 450 valence electrons. The highest BCUT2D eigenvalue weighted by molar-refractivity contribution is 7.20. The maximum absolute atomic E-state index is 8.97. The predicted molar refractivity (Wildman–Crippen MR) is 399 cm³/mol. The average molecular weight is 1290 g/mol. The first-order chi connectivity index (χ1) is 46.5. The fraction of sp³-hybridized carbons (Fsp3) is 0. The van der Waals surface area contributed by atoms with E-state index in [-0.39, 0.29) is 0 Å². The van der Waals surface area contributed by atoms with Crippen molar-refractivity contribution in [3.8, 4) is 16.8 Å². The summed E-state index contributed by atoms with van der Waals surface area (Å²) in [5, 5.41) is 15.1. The third-order valence-electron chi connectivity index (χ3n) is 18.6. The first kappa shape index (κ1) is 58.9. The smallest absolute Gasteiger partial charge is 0.390 e. The number of fused-ring (bicyclic) bond motifs is 3. The molecule has 2 heterocycles. The van der Waals surface area contributed by atoms with Crippen molar-refractivity contribution in [3.05, 3.63) is 394 Å². The lowest BCUT2D eigenvalue weighted by Gasteiger charge is -2.53. The number of aromatic nitrogens is 1. The summed E-state index contributed by atoms with van der Waals surface area (Å²) in [6.07, 6.45) is 0. The third-order valence-corrected chi connectivity index (χ3v) is 41.3. The highest BCUT2D eigenvalue weighted by Gasteiger charge is 2.68. The number of hydrogen-bond donors (Lipinski definition) is 0. The largest absolute Gasteiger partial charge is 0.402 e. The van der Waals surface area contributed by atoms with Gasteiger partial charge in [-0.05, 0) is 97.6 Å². The Morgan fingerprint density at radius 1 is 0.202 bits per heavy atom. The minimum absolute atomic E-state index is 0.920. The number of rotatable bonds is 14. The second-order valence-electron chi connectivity index (χ2n) is 24.0. The van der Waals surface area contributed by atoms with Crippen molar-refractivity contribution in [1.82, 2.24) is 4.57 Å². The van der Waals surface area contributed by atoms with Crippen molar-refractivity contribution >= 4 is 126 Å². The van der Waals surface area contributed by atoms with Gasteiger partial charge < -0.3 is 21.0 Å². The second kappa shape index (κ2) is 25.0. The lowest BCUT2D eigenvalue weighted by atomic mass is 10.1. The van der Waals surface area contributed by atoms with E-state index in [1.54, 1.807) is 0 Å². The van der Waals surface area contributed by atoms with Crippen molar-refractivity contribution in [2.75, 3.05) is 0 Å². The van der Waals surface area contributed by atoms with Crippen LogP contribution in [0.25, 0.3) is 38.6 Å². The van der Waals surface area contributed by atoms with E-state index in [0.717, 1.165) is 58.3 Å². The molecule has 1 aliphatic rings. The molecule has 1 aliphatic heterocycles. The van der Waals surface area contributed by atoms with Crippen molar-refractivity contribution < 1.29 is 16.5 Å². The number of nitrogens with zero attached hydrogens (tertiary/aromatic N) is 1. The third kappa shape index (κ3) is 10.1. The van der Waals surface area contributed by atoms with Crippen LogP contribution in [0.3, 0.4) is 0 Å². The van der Waals surface area contributed by atoms with Gasteiger partial charge in [0, 0.05) is 16.5 Å². The van der Waals surface area contributed by atoms with Crippen LogP contribution in [0.5, 0.6) is 0 Å². The summed E-state index contributed by atoms with van der Waals surface area (Å²) in [5.74, 6) is 0. The minimum atomic E-state index is -4.33. The Hall–Kier alpha value is -10.2. The molecule has 1 fully saturated rings. The zero-order valence-corrected chi connectivity index (χ0v) is 56.6. The molecule has 15 aromatic rings. The van der Waals surface area contributed by atoms with Crippen LogP contribution in [-0.2, 0) is 16.5 Å². The monoisotopic (exact) mass is 1290 g/mol. The average Bonchev–Trinajstić information content (AvgIpc) is 0.838. The Bertz CT molecular complexity index is 4790. The molecule has 0 N–H and O–H groups in total. The van der Waals surface area contributed by atoms with Crippen molar-refractivity contribution in [2.24, 2.45) is 0 Å². The van der Waals surface area contributed by atoms with Gasteiger partial charge in [0.05, 0.1) is 11.0 Å². The molecule has 5 nitrogen and oxygen atoms in total. The lowest BCUT2D eigenvalue weighted by molar-refractivity contribution is 0.268. The first-order valence-corrected chi connectivity index (χ1v) is 41.4. The highest BCUT2D eigenvalue weighted by atomic mass is 28.5. The molecule has 0 saturated carbocycles. The standard InChI is InChI=1S/C84H65NO4Si5/c1-10-38-69(39-11-1)90(70-40-12-2-13-41-70,79-57-34-37-68(65-79)85-83-61-30-28-59-81(83)82-60-29-31-62-84(82)85)78-56-32-35-66(63-78)67-36-33-58-80(64-67)94(77-54-26-9-27-55-77)88-92(73-46-18-5-19-47-73,74-48-20-6-21-49-74)86-91(71-42-14-3-15-43-71,72-44-16-4-17-45-72)87-93(89-94,75-50-22-7-23-51-75)76-52-24-8-25-53-76/h1-65H. The van der Waals surface area contributed by atoms with Crippen LogP contribution >= 0.6 is 0 Å². The van der Waals surface area contributed by atoms with Crippen LogP contribution in [-0.4, -0.2) is 46.9 Å². The Labute approximate surface area is 554 Å². The van der Waals surface area contributed by atoms with Crippen LogP contribution in [0.15, 0.2) is 394 Å². The zero-order valence-electron chi connectivity index (χ0n) is 51.6. The van der Waals surface area contributed by atoms with Crippen LogP contribution in [0.4, 0.5) is 0 Å². The van der Waals surface area contributed by atoms with E-state index in [4.69, 9.17) is 16.5 Å². The maximum atomic E-state index is 8.97. The van der Waals surface area contributed by atoms with E-state index >= 15 is 0 Å². The van der Waals surface area contributed by atoms with Crippen molar-refractivity contribution in [3.63, 3.8) is 0 Å². The van der Waals surface area contributed by atoms with E-state index in [1.165, 1.54) is 42.6 Å². The summed E-state index contributed by atoms with van der Waals surface area (Å²) in [7, 11) is -20.0. The molecular formula is C84H65NO4Si5. The summed E-state index contributed by atoms with van der Waals surface area (Å²) < 4.78 is 38.0. The van der Waals surface area contributed by atoms with Gasteiger partial charge in [0.15, 0.2) is 8.07 Å². The Morgan fingerprint density at radius 3 is 0.819 bits per heavy atom. The van der Waals surface area contributed by atoms with Gasteiger partial charge in [-0.25, -0.2) is 0 Å². The van der Waals surface area contributed by atoms with Crippen LogP contribution < -0.4 is 62.2 Å². The van der Waals surface area contributed by atoms with E-state index in [9.17, 15) is 0 Å². The number of hydrogen-bond acceptors (Lipinski definition) is 4. The van der Waals surface area contributed by atoms with Gasteiger partial charge in [0.2, 0.25) is 0 Å². The Kier molecular flexibility index (Phi) is 15.7. The first-order valence-electron chi connectivity index (χ1n) is 32.1. The molecule has 0 atom stereocenters. The molecule has 1 aromatic heterocycles. The zero-order chi connectivity index (χ0) is 62.8. The van der Waals surface area contributed by atoms with E-state index < -0.39 is 42.3 Å². The molecule has 0 unspecified atom stereocenters. The topological polar surface area (TPSA) is 41.9 Å². The van der Waals surface area contributed by atoms with Crippen LogP contribution in [0.2, 0.25) is 0 Å². The van der Waals surface area contributed by atoms with Gasteiger partial charge in [-0.15, -0.1) is 0 Å². The lowest BCUT2D eigenvalue weighted by Crippen LogP contribution is -2.88. The molecule has 14 aromatic carbocycles. The minimum Gasteiger partial charge on any atom is -0.402 e. The summed E-state index contributed by atoms with van der Waals surface area (Å²) in [5.41, 5.74) is 5.57. The second-order valence-corrected chi connectivity index (χ2v) is 40.6. The molecule has 0 bridgehead atoms. The molecule has 10 heteroatoms. The highest BCUT2D eigenvalue weighted by Crippen LogP contribution is 2.35. The normalized spacial score (nSPS) is 15.0. The SMILES string of the molecule is c1ccc([Si]2(c3ccccc3)O[Si](c3ccccc3)(c3ccccc3)O[Si](c3ccccc3)(c3cccc(-c4cccc([Si](c5ccccc5)(c5ccccc5)c5cccc(-n6c7ccccc7c7ccccc76)c5)c4)c3)O[Si](c3ccccc3)(c3ccccc3)O2)cc1. The molecule has 0 radical (unpaired) electrons. The van der Waals surface area contributed by atoms with E-state index in [1.807, 2.05) is 0 Å². The molecule has 1 saturated heterocycles. The Morgan fingerprint density at radius 2 is 0.457 bits per heavy atom. The van der Waals surface area contributed by atoms with Gasteiger partial charge >= 0.3 is 34.2 Å². The fourth-order valence-electron chi connectivity index (χ4n) is 14.4. The summed E-state index contributed by atoms with van der Waals surface area (Å²) in [6.45, 7) is 0. The van der Waals surface area contributed by atoms with Gasteiger partial charge in [0.1, 0.15) is 0 Å². The van der Waals surface area contributed by atoms with Crippen LogP contribution in [0.1, 0.15) is 0 Å². The fourth-order valence-corrected chi connectivity index (χ4v) is 41.8. The molecule has 16 rings (SSSR count). The van der Waals surface area contributed by atoms with Gasteiger partial charge in [-0.3, -0.25) is 0 Å². The number of benzene rings is 14. The van der Waals surface area contributed by atoms with Gasteiger partial charge in [0.25, 0.3) is 0 Å². The van der Waals surface area contributed by atoms with E-state index in [2.05, 4.69) is 399 Å². The molecule has 0 spiro atoms. The summed E-state index contributed by atoms with van der Waals surface area (Å²) >= 11 is 0. The van der Waals surface area contributed by atoms with Crippen LogP contribution in [0, 0.1) is 0 Å². The number of para-hydroxylation sites is 2. The molecule has 0 aliphatic carbocycles. The molecule has 0 amide bonds. The predicted octanol–water partition coefficient (Wildman–Crippen LogP) is 11.2.